The van der Waals surface area contributed by atoms with E-state index in [4.69, 9.17) is 9.72 Å². The Morgan fingerprint density at radius 2 is 1.97 bits per heavy atom. The molecule has 0 amide bonds. The molecule has 2 heterocycles. The molecule has 6 nitrogen and oxygen atoms in total. The lowest BCUT2D eigenvalue weighted by molar-refractivity contribution is -0.144. The first-order valence-electron chi connectivity index (χ1n) is 10.5. The van der Waals surface area contributed by atoms with Gasteiger partial charge < -0.3 is 14.7 Å². The second-order valence-corrected chi connectivity index (χ2v) is 8.27. The van der Waals surface area contributed by atoms with Gasteiger partial charge in [-0.05, 0) is 62.4 Å². The molecule has 0 radical (unpaired) electrons. The summed E-state index contributed by atoms with van der Waals surface area (Å²) in [5, 5.41) is 10.1. The number of aromatic nitrogens is 2. The van der Waals surface area contributed by atoms with Crippen molar-refractivity contribution in [2.45, 2.75) is 39.7 Å². The number of fused-ring (bicyclic) bond motifs is 1. The minimum absolute atomic E-state index is 0.0747. The topological polar surface area (TPSA) is 75.6 Å². The summed E-state index contributed by atoms with van der Waals surface area (Å²) in [6, 6.07) is 10.3. The van der Waals surface area contributed by atoms with Crippen LogP contribution in [-0.2, 0) is 4.79 Å². The average molecular weight is 423 g/mol. The summed E-state index contributed by atoms with van der Waals surface area (Å²) in [5.41, 5.74) is 1.84. The van der Waals surface area contributed by atoms with Crippen molar-refractivity contribution in [3.05, 3.63) is 47.8 Å². The van der Waals surface area contributed by atoms with E-state index in [1.165, 1.54) is 19.1 Å². The highest BCUT2D eigenvalue weighted by atomic mass is 19.1. The molecule has 3 aromatic rings. The number of hydrogen-bond acceptors (Lipinski definition) is 5. The van der Waals surface area contributed by atoms with Crippen molar-refractivity contribution >= 4 is 22.7 Å². The van der Waals surface area contributed by atoms with Crippen LogP contribution in [0.1, 0.15) is 32.3 Å². The Kier molecular flexibility index (Phi) is 5.76. The van der Waals surface area contributed by atoms with E-state index in [1.807, 2.05) is 25.1 Å². The number of piperidine rings is 1. The van der Waals surface area contributed by atoms with Gasteiger partial charge in [0.25, 0.3) is 0 Å². The number of anilines is 1. The number of benzene rings is 2. The summed E-state index contributed by atoms with van der Waals surface area (Å²) in [4.78, 5) is 22.9. The summed E-state index contributed by atoms with van der Waals surface area (Å²) in [7, 11) is 0. The number of halogens is 1. The largest absolute Gasteiger partial charge is 0.479 e. The Balaban J connectivity index is 1.88. The average Bonchev–Trinajstić information content (AvgIpc) is 2.73. The van der Waals surface area contributed by atoms with Crippen molar-refractivity contribution < 1.29 is 19.0 Å². The number of aryl methyl sites for hydroxylation is 1. The van der Waals surface area contributed by atoms with E-state index >= 15 is 0 Å². The first-order chi connectivity index (χ1) is 14.8. The van der Waals surface area contributed by atoms with Gasteiger partial charge >= 0.3 is 5.97 Å². The highest BCUT2D eigenvalue weighted by molar-refractivity contribution is 5.92. The van der Waals surface area contributed by atoms with E-state index in [0.717, 1.165) is 48.2 Å². The third-order valence-corrected chi connectivity index (χ3v) is 5.77. The van der Waals surface area contributed by atoms with Crippen molar-refractivity contribution in [1.82, 2.24) is 9.97 Å². The summed E-state index contributed by atoms with van der Waals surface area (Å²) in [5.74, 6) is 0.0498. The summed E-state index contributed by atoms with van der Waals surface area (Å²) in [6.07, 6.45) is 1.000. The maximum absolute atomic E-state index is 15.0. The number of ether oxygens (including phenoxy) is 1. The van der Waals surface area contributed by atoms with Crippen LogP contribution in [0.5, 0.6) is 5.75 Å². The first-order valence-corrected chi connectivity index (χ1v) is 10.5. The highest BCUT2D eigenvalue weighted by Crippen LogP contribution is 2.36. The van der Waals surface area contributed by atoms with Crippen molar-refractivity contribution in [3.8, 4) is 17.1 Å². The molecule has 1 saturated heterocycles. The normalized spacial score (nSPS) is 15.8. The lowest BCUT2D eigenvalue weighted by atomic mass is 9.99. The van der Waals surface area contributed by atoms with Crippen molar-refractivity contribution in [3.63, 3.8) is 0 Å². The van der Waals surface area contributed by atoms with Gasteiger partial charge in [-0.25, -0.2) is 19.2 Å². The molecule has 1 fully saturated rings. The Bertz CT molecular complexity index is 1130. The fourth-order valence-electron chi connectivity index (χ4n) is 3.86. The van der Waals surface area contributed by atoms with Crippen LogP contribution in [0.4, 0.5) is 10.2 Å². The van der Waals surface area contributed by atoms with Gasteiger partial charge in [0.15, 0.2) is 11.9 Å². The molecular weight excluding hydrogens is 397 g/mol. The van der Waals surface area contributed by atoms with Crippen molar-refractivity contribution in [2.75, 3.05) is 18.0 Å². The predicted molar refractivity (Wildman–Crippen MR) is 118 cm³/mol. The van der Waals surface area contributed by atoms with Crippen LogP contribution in [0, 0.1) is 18.7 Å². The molecule has 162 valence electrons. The minimum Gasteiger partial charge on any atom is -0.479 e. The Morgan fingerprint density at radius 1 is 1.23 bits per heavy atom. The molecule has 1 N–H and O–H groups in total. The van der Waals surface area contributed by atoms with Crippen LogP contribution in [0.15, 0.2) is 36.4 Å². The van der Waals surface area contributed by atoms with Gasteiger partial charge in [0.1, 0.15) is 17.4 Å². The number of rotatable bonds is 5. The van der Waals surface area contributed by atoms with Crippen LogP contribution in [-0.4, -0.2) is 40.2 Å². The molecule has 0 spiro atoms. The van der Waals surface area contributed by atoms with Crippen LogP contribution in [0.2, 0.25) is 0 Å². The molecule has 1 aromatic heterocycles. The molecule has 31 heavy (non-hydrogen) atoms. The quantitative estimate of drug-likeness (QED) is 0.633. The van der Waals surface area contributed by atoms with E-state index in [-0.39, 0.29) is 17.1 Å². The van der Waals surface area contributed by atoms with Crippen LogP contribution in [0.25, 0.3) is 22.3 Å². The Morgan fingerprint density at radius 3 is 2.68 bits per heavy atom. The molecular formula is C24H26FN3O3. The fraction of sp³-hybridized carbons (Fsp3) is 0.375. The molecule has 1 aliphatic rings. The van der Waals surface area contributed by atoms with Gasteiger partial charge in [0, 0.05) is 18.5 Å². The minimum atomic E-state index is -1.13. The van der Waals surface area contributed by atoms with Gasteiger partial charge in [-0.2, -0.15) is 0 Å². The zero-order valence-electron chi connectivity index (χ0n) is 17.9. The second kappa shape index (κ2) is 8.49. The van der Waals surface area contributed by atoms with E-state index in [1.54, 1.807) is 6.07 Å². The molecule has 0 saturated carbocycles. The third-order valence-electron chi connectivity index (χ3n) is 5.77. The Hall–Kier alpha value is -3.22. The van der Waals surface area contributed by atoms with E-state index in [9.17, 15) is 14.3 Å². The third kappa shape index (κ3) is 4.31. The zero-order valence-corrected chi connectivity index (χ0v) is 17.9. The van der Waals surface area contributed by atoms with Gasteiger partial charge in [-0.15, -0.1) is 0 Å². The van der Waals surface area contributed by atoms with Gasteiger partial charge in [0.2, 0.25) is 0 Å². The fourth-order valence-corrected chi connectivity index (χ4v) is 3.86. The standard InChI is InChI=1S/C24H26FN3O3/c1-14-9-11-28(12-10-14)23-17-8-7-15(2)13-19(17)26-22(27-23)21-18(25)5-4-6-20(21)31-16(3)24(29)30/h4-8,13-14,16H,9-12H2,1-3H3,(H,29,30)/t16-/m0/s1. The number of aliphatic carboxylic acids is 1. The van der Waals surface area contributed by atoms with E-state index in [2.05, 4.69) is 16.8 Å². The van der Waals surface area contributed by atoms with Crippen LogP contribution in [0.3, 0.4) is 0 Å². The second-order valence-electron chi connectivity index (χ2n) is 8.27. The molecule has 0 bridgehead atoms. The molecule has 1 aliphatic heterocycles. The van der Waals surface area contributed by atoms with E-state index in [0.29, 0.717) is 5.92 Å². The molecule has 1 atom stereocenters. The number of carboxylic acid groups (broad SMARTS) is 1. The van der Waals surface area contributed by atoms with Crippen molar-refractivity contribution in [2.24, 2.45) is 5.92 Å². The lowest BCUT2D eigenvalue weighted by Gasteiger charge is -2.32. The summed E-state index contributed by atoms with van der Waals surface area (Å²) >= 11 is 0. The first kappa shape index (κ1) is 21.0. The van der Waals surface area contributed by atoms with E-state index < -0.39 is 17.9 Å². The molecule has 0 unspecified atom stereocenters. The number of carbonyl (C=O) groups is 1. The maximum Gasteiger partial charge on any atom is 0.344 e. The smallest absolute Gasteiger partial charge is 0.344 e. The lowest BCUT2D eigenvalue weighted by Crippen LogP contribution is -2.33. The van der Waals surface area contributed by atoms with Gasteiger partial charge in [-0.3, -0.25) is 0 Å². The summed E-state index contributed by atoms with van der Waals surface area (Å²) < 4.78 is 20.5. The highest BCUT2D eigenvalue weighted by Gasteiger charge is 2.24. The summed E-state index contributed by atoms with van der Waals surface area (Å²) in [6.45, 7) is 7.38. The van der Waals surface area contributed by atoms with Crippen LogP contribution < -0.4 is 9.64 Å². The SMILES string of the molecule is Cc1ccc2c(N3CCC(C)CC3)nc(-c3c(F)cccc3O[C@@H](C)C(=O)O)nc2c1. The molecule has 0 aliphatic carbocycles. The molecule has 4 rings (SSSR count). The monoisotopic (exact) mass is 423 g/mol. The zero-order chi connectivity index (χ0) is 22.1. The Labute approximate surface area is 180 Å². The van der Waals surface area contributed by atoms with Crippen LogP contribution >= 0.6 is 0 Å². The number of nitrogens with zero attached hydrogens (tertiary/aromatic N) is 3. The molecule has 7 heteroatoms. The van der Waals surface area contributed by atoms with Gasteiger partial charge in [0.05, 0.1) is 11.1 Å². The number of hydrogen-bond donors (Lipinski definition) is 1. The maximum atomic E-state index is 15.0. The number of carboxylic acids is 1. The van der Waals surface area contributed by atoms with Crippen molar-refractivity contribution in [1.29, 1.82) is 0 Å². The molecule has 2 aromatic carbocycles. The predicted octanol–water partition coefficient (Wildman–Crippen LogP) is 4.83. The van der Waals surface area contributed by atoms with Gasteiger partial charge in [-0.1, -0.05) is 19.1 Å².